The van der Waals surface area contributed by atoms with E-state index in [2.05, 4.69) is 9.97 Å². The van der Waals surface area contributed by atoms with Gasteiger partial charge in [0.25, 0.3) is 0 Å². The Morgan fingerprint density at radius 2 is 0.889 bits per heavy atom. The summed E-state index contributed by atoms with van der Waals surface area (Å²) in [5.41, 5.74) is 14.6. The number of aromatic nitrogens is 2. The maximum Gasteiger partial charge on any atom is 2.00 e. The minimum atomic E-state index is 0. The molecule has 4 rings (SSSR count). The van der Waals surface area contributed by atoms with Gasteiger partial charge in [0.1, 0.15) is 0 Å². The SMILES string of the molecule is Nc1cccc2cccnc12.Nc1cccc2cccnc12.O.O.[Cl-].[Cl-].[Cu+2]. The van der Waals surface area contributed by atoms with Crippen LogP contribution in [0.1, 0.15) is 0 Å². The van der Waals surface area contributed by atoms with Gasteiger partial charge in [0, 0.05) is 23.2 Å². The molecule has 0 spiro atoms. The average Bonchev–Trinajstić information content (AvgIpc) is 2.57. The molecular weight excluding hydrogens is 439 g/mol. The van der Waals surface area contributed by atoms with Crippen molar-refractivity contribution >= 4 is 33.2 Å². The summed E-state index contributed by atoms with van der Waals surface area (Å²) in [4.78, 5) is 8.31. The molecule has 149 valence electrons. The molecule has 0 atom stereocenters. The number of para-hydroxylation sites is 2. The molecule has 8 N–H and O–H groups in total. The van der Waals surface area contributed by atoms with Crippen LogP contribution in [0.3, 0.4) is 0 Å². The van der Waals surface area contributed by atoms with Gasteiger partial charge in [0.15, 0.2) is 0 Å². The van der Waals surface area contributed by atoms with E-state index in [1.807, 2.05) is 60.7 Å². The first-order chi connectivity index (χ1) is 10.8. The Morgan fingerprint density at radius 3 is 1.22 bits per heavy atom. The van der Waals surface area contributed by atoms with Crippen LogP contribution < -0.4 is 36.3 Å². The molecule has 0 unspecified atom stereocenters. The molecule has 0 aliphatic carbocycles. The molecule has 0 aliphatic rings. The summed E-state index contributed by atoms with van der Waals surface area (Å²) in [6, 6.07) is 19.4. The van der Waals surface area contributed by atoms with Crippen LogP contribution in [0.2, 0.25) is 0 Å². The van der Waals surface area contributed by atoms with Crippen molar-refractivity contribution in [3.05, 3.63) is 73.1 Å². The number of hydrogen-bond donors (Lipinski definition) is 2. The van der Waals surface area contributed by atoms with E-state index in [1.165, 1.54) is 0 Å². The van der Waals surface area contributed by atoms with Gasteiger partial charge in [-0.3, -0.25) is 9.97 Å². The first-order valence-corrected chi connectivity index (χ1v) is 6.94. The van der Waals surface area contributed by atoms with E-state index in [4.69, 9.17) is 11.5 Å². The quantitative estimate of drug-likeness (QED) is 0.204. The van der Waals surface area contributed by atoms with Crippen molar-refractivity contribution in [2.24, 2.45) is 0 Å². The smallest absolute Gasteiger partial charge is 1.00 e. The molecule has 1 radical (unpaired) electrons. The number of halogens is 2. The molecule has 0 saturated carbocycles. The zero-order chi connectivity index (χ0) is 15.4. The van der Waals surface area contributed by atoms with Gasteiger partial charge in [-0.25, -0.2) is 0 Å². The van der Waals surface area contributed by atoms with Gasteiger partial charge in [0.05, 0.1) is 22.4 Å². The maximum absolute atomic E-state index is 5.69. The summed E-state index contributed by atoms with van der Waals surface area (Å²) >= 11 is 0. The minimum Gasteiger partial charge on any atom is -1.00 e. The van der Waals surface area contributed by atoms with E-state index in [0.29, 0.717) is 0 Å². The Kier molecular flexibility index (Phi) is 15.4. The molecular formula is C18H20Cl2CuN4O2. The van der Waals surface area contributed by atoms with E-state index in [9.17, 15) is 0 Å². The molecule has 4 aromatic rings. The fourth-order valence-corrected chi connectivity index (χ4v) is 2.26. The van der Waals surface area contributed by atoms with E-state index in [-0.39, 0.29) is 52.8 Å². The topological polar surface area (TPSA) is 141 Å². The Labute approximate surface area is 180 Å². The predicted molar refractivity (Wildman–Crippen MR) is 99.5 cm³/mol. The standard InChI is InChI=1S/2C9H8N2.2ClH.Cu.2H2O/c2*10-8-5-1-3-7-4-2-6-11-9(7)8;;;;;/h2*1-6H,10H2;2*1H;;2*1H2/q;;;;+2;;/p-2. The first kappa shape index (κ1) is 29.6. The Balaban J connectivity index is -0.000000360. The van der Waals surface area contributed by atoms with Gasteiger partial charge in [-0.2, -0.15) is 0 Å². The number of pyridine rings is 2. The molecule has 2 heterocycles. The van der Waals surface area contributed by atoms with Gasteiger partial charge in [-0.05, 0) is 24.3 Å². The van der Waals surface area contributed by atoms with Gasteiger partial charge in [-0.1, -0.05) is 36.4 Å². The second-order valence-electron chi connectivity index (χ2n) is 4.84. The maximum atomic E-state index is 5.69. The number of nitrogens with zero attached hydrogens (tertiary/aromatic N) is 2. The third-order valence-corrected chi connectivity index (χ3v) is 3.33. The average molecular weight is 459 g/mol. The normalized spacial score (nSPS) is 8.30. The zero-order valence-corrected chi connectivity index (χ0v) is 16.5. The summed E-state index contributed by atoms with van der Waals surface area (Å²) in [6.45, 7) is 0. The van der Waals surface area contributed by atoms with E-state index in [1.54, 1.807) is 12.4 Å². The Bertz CT molecular complexity index is 857. The molecule has 2 aromatic carbocycles. The van der Waals surface area contributed by atoms with Crippen LogP contribution in [0, 0.1) is 0 Å². The van der Waals surface area contributed by atoms with Crippen molar-refractivity contribution < 1.29 is 52.8 Å². The number of nitrogens with two attached hydrogens (primary N) is 2. The summed E-state index contributed by atoms with van der Waals surface area (Å²) in [7, 11) is 0. The van der Waals surface area contributed by atoms with Crippen molar-refractivity contribution in [2.45, 2.75) is 0 Å². The number of rotatable bonds is 0. The van der Waals surface area contributed by atoms with Gasteiger partial charge >= 0.3 is 17.1 Å². The summed E-state index contributed by atoms with van der Waals surface area (Å²) in [6.07, 6.45) is 3.50. The number of benzene rings is 2. The van der Waals surface area contributed by atoms with Crippen molar-refractivity contribution in [3.63, 3.8) is 0 Å². The molecule has 0 aliphatic heterocycles. The van der Waals surface area contributed by atoms with E-state index < -0.39 is 0 Å². The largest absolute Gasteiger partial charge is 2.00 e. The van der Waals surface area contributed by atoms with Crippen molar-refractivity contribution in [1.82, 2.24) is 9.97 Å². The third-order valence-electron chi connectivity index (χ3n) is 3.33. The van der Waals surface area contributed by atoms with Crippen LogP contribution in [-0.2, 0) is 17.1 Å². The second-order valence-corrected chi connectivity index (χ2v) is 4.84. The molecule has 9 heteroatoms. The van der Waals surface area contributed by atoms with Crippen LogP contribution in [-0.4, -0.2) is 20.9 Å². The van der Waals surface area contributed by atoms with Gasteiger partial charge in [0.2, 0.25) is 0 Å². The fourth-order valence-electron chi connectivity index (χ4n) is 2.26. The van der Waals surface area contributed by atoms with Crippen LogP contribution in [0.15, 0.2) is 73.1 Å². The monoisotopic (exact) mass is 457 g/mol. The Morgan fingerprint density at radius 1 is 0.556 bits per heavy atom. The summed E-state index contributed by atoms with van der Waals surface area (Å²) in [5, 5.41) is 2.18. The molecule has 6 nitrogen and oxygen atoms in total. The summed E-state index contributed by atoms with van der Waals surface area (Å²) < 4.78 is 0. The van der Waals surface area contributed by atoms with Crippen molar-refractivity contribution in [3.8, 4) is 0 Å². The molecule has 0 saturated heterocycles. The van der Waals surface area contributed by atoms with Crippen molar-refractivity contribution in [2.75, 3.05) is 11.5 Å². The van der Waals surface area contributed by atoms with Gasteiger partial charge in [-0.15, -0.1) is 0 Å². The number of nitrogen functional groups attached to an aromatic ring is 2. The van der Waals surface area contributed by atoms with Crippen molar-refractivity contribution in [1.29, 1.82) is 0 Å². The number of hydrogen-bond acceptors (Lipinski definition) is 4. The Hall–Kier alpha value is -2.12. The van der Waals surface area contributed by atoms with Crippen LogP contribution in [0.25, 0.3) is 21.8 Å². The molecule has 2 aromatic heterocycles. The van der Waals surface area contributed by atoms with Crippen LogP contribution in [0.4, 0.5) is 11.4 Å². The molecule has 0 amide bonds. The first-order valence-electron chi connectivity index (χ1n) is 6.94. The zero-order valence-electron chi connectivity index (χ0n) is 14.0. The molecule has 0 bridgehead atoms. The summed E-state index contributed by atoms with van der Waals surface area (Å²) in [5.74, 6) is 0. The van der Waals surface area contributed by atoms with Crippen LogP contribution >= 0.6 is 0 Å². The number of anilines is 2. The number of fused-ring (bicyclic) bond motifs is 2. The fraction of sp³-hybridized carbons (Fsp3) is 0. The predicted octanol–water partition coefficient (Wildman–Crippen LogP) is -4.01. The second kappa shape index (κ2) is 14.0. The minimum absolute atomic E-state index is 0. The van der Waals surface area contributed by atoms with Crippen LogP contribution in [0.5, 0.6) is 0 Å². The van der Waals surface area contributed by atoms with E-state index >= 15 is 0 Å². The third kappa shape index (κ3) is 7.19. The molecule has 27 heavy (non-hydrogen) atoms. The van der Waals surface area contributed by atoms with E-state index in [0.717, 1.165) is 33.2 Å². The van der Waals surface area contributed by atoms with Gasteiger partial charge < -0.3 is 47.2 Å². The molecule has 0 fully saturated rings.